The lowest BCUT2D eigenvalue weighted by Gasteiger charge is -2.40. The predicted molar refractivity (Wildman–Crippen MR) is 367 cm³/mol. The number of hydrogen-bond donors (Lipinski definition) is 0. The highest BCUT2D eigenvalue weighted by molar-refractivity contribution is 5.98. The smallest absolute Gasteiger partial charge is 0.119 e. The van der Waals surface area contributed by atoms with E-state index in [-0.39, 0.29) is 21.7 Å². The summed E-state index contributed by atoms with van der Waals surface area (Å²) in [5.41, 5.74) is 13.6. The maximum Gasteiger partial charge on any atom is 0.119 e. The van der Waals surface area contributed by atoms with Gasteiger partial charge >= 0.3 is 0 Å². The molecule has 4 aliphatic heterocycles. The van der Waals surface area contributed by atoms with Crippen LogP contribution in [0.2, 0.25) is 0 Å². The SMILES string of the molecule is CCC1(COc2ccc3cc(C4(c5ccc6cc(OCC7(CC)COC7)ccc6c5)c5ccccc5-c5cc6c(cc54)-c4ccccc4C6(c4ccc5cc(OCC6(CC)COC6)ccc5c4)c4ccc5cc(OCC6(CC)COC6)ccc5c4)ccc3c2)COC1. The Balaban J connectivity index is 0.854. The summed E-state index contributed by atoms with van der Waals surface area (Å²) in [6.07, 6.45) is 4.10. The lowest BCUT2D eigenvalue weighted by atomic mass is 9.65. The van der Waals surface area contributed by atoms with E-state index in [1.165, 1.54) is 66.8 Å². The first-order valence-corrected chi connectivity index (χ1v) is 33.5. The molecule has 4 fully saturated rings. The number of fused-ring (bicyclic) bond motifs is 10. The van der Waals surface area contributed by atoms with Crippen molar-refractivity contribution in [3.8, 4) is 45.3 Å². The van der Waals surface area contributed by atoms with Crippen LogP contribution in [0.3, 0.4) is 0 Å². The lowest BCUT2D eigenvalue weighted by molar-refractivity contribution is -0.133. The summed E-state index contributed by atoms with van der Waals surface area (Å²) in [6, 6.07) is 78.6. The van der Waals surface area contributed by atoms with Crippen LogP contribution < -0.4 is 18.9 Å². The van der Waals surface area contributed by atoms with E-state index in [4.69, 9.17) is 37.9 Å². The first kappa shape index (κ1) is 57.4. The topological polar surface area (TPSA) is 73.8 Å². The van der Waals surface area contributed by atoms with Gasteiger partial charge in [0.1, 0.15) is 23.0 Å². The van der Waals surface area contributed by atoms with Crippen molar-refractivity contribution in [2.45, 2.75) is 64.2 Å². The maximum atomic E-state index is 6.57. The molecule has 92 heavy (non-hydrogen) atoms. The lowest BCUT2D eigenvalue weighted by Crippen LogP contribution is -2.46. The Morgan fingerprint density at radius 3 is 0.761 bits per heavy atom. The van der Waals surface area contributed by atoms with E-state index in [1.807, 2.05) is 0 Å². The molecule has 8 nitrogen and oxygen atoms in total. The molecule has 0 unspecified atom stereocenters. The van der Waals surface area contributed by atoms with Crippen LogP contribution in [0.1, 0.15) is 97.9 Å². The second kappa shape index (κ2) is 22.1. The molecule has 11 aromatic rings. The van der Waals surface area contributed by atoms with Gasteiger partial charge in [0.15, 0.2) is 0 Å². The summed E-state index contributed by atoms with van der Waals surface area (Å²) in [4.78, 5) is 0. The van der Waals surface area contributed by atoms with Gasteiger partial charge in [-0.25, -0.2) is 0 Å². The highest BCUT2D eigenvalue weighted by atomic mass is 16.5. The predicted octanol–water partition coefficient (Wildman–Crippen LogP) is 18.2. The summed E-state index contributed by atoms with van der Waals surface area (Å²) in [6.45, 7) is 17.5. The van der Waals surface area contributed by atoms with Crippen molar-refractivity contribution in [1.29, 1.82) is 0 Å². The molecule has 0 spiro atoms. The van der Waals surface area contributed by atoms with E-state index in [2.05, 4.69) is 234 Å². The highest BCUT2D eigenvalue weighted by Crippen LogP contribution is 2.63. The average molecular weight is 1220 g/mol. The number of hydrogen-bond acceptors (Lipinski definition) is 8. The van der Waals surface area contributed by atoms with Crippen LogP contribution in [0.4, 0.5) is 0 Å². The van der Waals surface area contributed by atoms with Crippen LogP contribution >= 0.6 is 0 Å². The monoisotopic (exact) mass is 1210 g/mol. The van der Waals surface area contributed by atoms with Crippen molar-refractivity contribution in [1.82, 2.24) is 0 Å². The zero-order chi connectivity index (χ0) is 61.9. The van der Waals surface area contributed by atoms with E-state index < -0.39 is 10.8 Å². The Bertz CT molecular complexity index is 4180. The van der Waals surface area contributed by atoms with Crippen LogP contribution in [0, 0.1) is 21.7 Å². The summed E-state index contributed by atoms with van der Waals surface area (Å²) < 4.78 is 49.0. The van der Waals surface area contributed by atoms with E-state index in [0.717, 1.165) is 145 Å². The van der Waals surface area contributed by atoms with Gasteiger partial charge in [-0.1, -0.05) is 149 Å². The fraction of sp³-hybridized carbons (Fsp3) is 0.310. The second-order valence-electron chi connectivity index (χ2n) is 28.0. The maximum absolute atomic E-state index is 6.57. The third kappa shape index (κ3) is 9.06. The van der Waals surface area contributed by atoms with Crippen LogP contribution in [0.25, 0.3) is 65.3 Å². The molecule has 0 amide bonds. The fourth-order valence-corrected chi connectivity index (χ4v) is 15.9. The summed E-state index contributed by atoms with van der Waals surface area (Å²) in [5.74, 6) is 3.53. The van der Waals surface area contributed by atoms with Gasteiger partial charge in [0.25, 0.3) is 0 Å². The first-order chi connectivity index (χ1) is 45.1. The fourth-order valence-electron chi connectivity index (χ4n) is 15.9. The van der Waals surface area contributed by atoms with Gasteiger partial charge < -0.3 is 37.9 Å². The van der Waals surface area contributed by atoms with Crippen LogP contribution in [0.5, 0.6) is 23.0 Å². The molecule has 0 saturated carbocycles. The minimum atomic E-state index is -0.736. The van der Waals surface area contributed by atoms with Gasteiger partial charge in [-0.05, 0) is 220 Å². The summed E-state index contributed by atoms with van der Waals surface area (Å²) >= 11 is 0. The molecule has 0 atom stereocenters. The molecule has 0 bridgehead atoms. The number of benzene rings is 11. The summed E-state index contributed by atoms with van der Waals surface area (Å²) in [5, 5.41) is 9.20. The molecule has 6 aliphatic rings. The molecule has 11 aromatic carbocycles. The molecular formula is C84H78O8. The third-order valence-corrected chi connectivity index (χ3v) is 22.6. The molecule has 0 radical (unpaired) electrons. The molecule has 8 heteroatoms. The van der Waals surface area contributed by atoms with Gasteiger partial charge in [-0.2, -0.15) is 0 Å². The van der Waals surface area contributed by atoms with Crippen molar-refractivity contribution in [2.24, 2.45) is 21.7 Å². The molecule has 0 aromatic heterocycles. The van der Waals surface area contributed by atoms with Crippen molar-refractivity contribution < 1.29 is 37.9 Å². The standard InChI is InChI=1S/C84H78O8/c1-5-79(43-85-44-79)51-89-67-29-21-55-33-63(25-17-59(55)37-67)83(64-26-18-60-38-68(30-22-56(60)34-64)90-52-80(6-2)45-86-46-80)75-15-11-9-13-71(75)73-42-78-74(41-77(73)83)72-14-10-12-16-76(72)84(78,65-27-19-61-39-69(31-23-57(61)35-65)91-53-81(7-3)47-87-48-81)66-28-20-62-40-70(32-24-58(62)36-66)92-54-82(8-4)49-88-50-82/h9-42H,5-8,43-54H2,1-4H3. The molecular weight excluding hydrogens is 1140 g/mol. The number of ether oxygens (including phenoxy) is 8. The van der Waals surface area contributed by atoms with Gasteiger partial charge in [0, 0.05) is 0 Å². The van der Waals surface area contributed by atoms with Crippen molar-refractivity contribution in [3.05, 3.63) is 251 Å². The van der Waals surface area contributed by atoms with Gasteiger partial charge in [-0.15, -0.1) is 0 Å². The first-order valence-electron chi connectivity index (χ1n) is 33.5. The van der Waals surface area contributed by atoms with Crippen molar-refractivity contribution in [3.63, 3.8) is 0 Å². The normalized spacial score (nSPS) is 18.6. The van der Waals surface area contributed by atoms with Gasteiger partial charge in [0.2, 0.25) is 0 Å². The largest absolute Gasteiger partial charge is 0.493 e. The van der Waals surface area contributed by atoms with Crippen LogP contribution in [0.15, 0.2) is 206 Å². The Hall–Kier alpha value is -8.50. The molecule has 4 saturated heterocycles. The molecule has 4 heterocycles. The van der Waals surface area contributed by atoms with Gasteiger partial charge in [0.05, 0.1) is 112 Å². The Morgan fingerprint density at radius 1 is 0.261 bits per heavy atom. The Morgan fingerprint density at radius 2 is 0.511 bits per heavy atom. The quantitative estimate of drug-likeness (QED) is 0.0747. The Labute approximate surface area is 539 Å². The molecule has 2 aliphatic carbocycles. The molecule has 0 N–H and O–H groups in total. The minimum absolute atomic E-state index is 0.0748. The zero-order valence-electron chi connectivity index (χ0n) is 53.2. The van der Waals surface area contributed by atoms with E-state index in [9.17, 15) is 0 Å². The second-order valence-corrected chi connectivity index (χ2v) is 28.0. The van der Waals surface area contributed by atoms with Crippen molar-refractivity contribution in [2.75, 3.05) is 79.3 Å². The van der Waals surface area contributed by atoms with E-state index in [0.29, 0.717) is 26.4 Å². The average Bonchev–Trinajstić information content (AvgIpc) is 1.51. The highest BCUT2D eigenvalue weighted by Gasteiger charge is 2.52. The van der Waals surface area contributed by atoms with Crippen molar-refractivity contribution >= 4 is 43.1 Å². The molecule has 17 rings (SSSR count). The Kier molecular flexibility index (Phi) is 13.8. The van der Waals surface area contributed by atoms with E-state index in [1.54, 1.807) is 0 Å². The summed E-state index contributed by atoms with van der Waals surface area (Å²) in [7, 11) is 0. The zero-order valence-corrected chi connectivity index (χ0v) is 53.2. The van der Waals surface area contributed by atoms with Crippen LogP contribution in [-0.2, 0) is 29.8 Å². The van der Waals surface area contributed by atoms with Crippen LogP contribution in [-0.4, -0.2) is 79.3 Å². The van der Waals surface area contributed by atoms with E-state index >= 15 is 0 Å². The number of rotatable bonds is 20. The minimum Gasteiger partial charge on any atom is -0.493 e. The third-order valence-electron chi connectivity index (χ3n) is 22.6. The van der Waals surface area contributed by atoms with Gasteiger partial charge in [-0.3, -0.25) is 0 Å². The molecule has 462 valence electrons.